The zero-order valence-corrected chi connectivity index (χ0v) is 14.1. The summed E-state index contributed by atoms with van der Waals surface area (Å²) in [6.07, 6.45) is 0. The number of anilines is 2. The first-order valence-corrected chi connectivity index (χ1v) is 7.84. The largest absolute Gasteiger partial charge is 0.399 e. The second-order valence-electron chi connectivity index (χ2n) is 5.51. The average molecular weight is 361 g/mol. The zero-order chi connectivity index (χ0) is 19.2. The summed E-state index contributed by atoms with van der Waals surface area (Å²) in [6.45, 7) is 0. The van der Waals surface area contributed by atoms with Gasteiger partial charge in [-0.1, -0.05) is 0 Å². The molecule has 0 aliphatic carbocycles. The summed E-state index contributed by atoms with van der Waals surface area (Å²) < 4.78 is 0. The van der Waals surface area contributed by atoms with Crippen molar-refractivity contribution in [2.24, 2.45) is 20.5 Å². The van der Waals surface area contributed by atoms with E-state index in [9.17, 15) is 10.1 Å². The molecule has 0 bridgehead atoms. The van der Waals surface area contributed by atoms with E-state index in [-0.39, 0.29) is 5.69 Å². The van der Waals surface area contributed by atoms with E-state index in [1.807, 2.05) is 0 Å². The SMILES string of the molecule is Nc1ccc(N=Nc2ccc(N=Nc3ccc([N+](=O)[O-])cc3)cc2)c(N)c1. The van der Waals surface area contributed by atoms with Crippen molar-refractivity contribution in [3.63, 3.8) is 0 Å². The van der Waals surface area contributed by atoms with Gasteiger partial charge in [0.2, 0.25) is 0 Å². The third-order valence-corrected chi connectivity index (χ3v) is 3.52. The van der Waals surface area contributed by atoms with Crippen LogP contribution in [0.4, 0.5) is 39.8 Å². The van der Waals surface area contributed by atoms with Crippen LogP contribution in [0.15, 0.2) is 87.2 Å². The van der Waals surface area contributed by atoms with E-state index < -0.39 is 4.92 Å². The van der Waals surface area contributed by atoms with Crippen LogP contribution in [0.2, 0.25) is 0 Å². The fourth-order valence-corrected chi connectivity index (χ4v) is 2.12. The molecule has 0 aromatic heterocycles. The van der Waals surface area contributed by atoms with Gasteiger partial charge in [0, 0.05) is 17.8 Å². The van der Waals surface area contributed by atoms with Gasteiger partial charge in [-0.2, -0.15) is 15.3 Å². The fraction of sp³-hybridized carbons (Fsp3) is 0. The molecule has 9 nitrogen and oxygen atoms in total. The van der Waals surface area contributed by atoms with Crippen molar-refractivity contribution < 1.29 is 4.92 Å². The molecule has 9 heteroatoms. The lowest BCUT2D eigenvalue weighted by atomic mass is 10.2. The van der Waals surface area contributed by atoms with Gasteiger partial charge in [0.1, 0.15) is 5.69 Å². The Bertz CT molecular complexity index is 1010. The molecule has 3 aromatic carbocycles. The summed E-state index contributed by atoms with van der Waals surface area (Å²) in [4.78, 5) is 10.2. The van der Waals surface area contributed by atoms with Crippen LogP contribution >= 0.6 is 0 Å². The molecule has 0 aliphatic rings. The van der Waals surface area contributed by atoms with E-state index in [0.29, 0.717) is 34.1 Å². The Labute approximate surface area is 154 Å². The molecule has 0 atom stereocenters. The van der Waals surface area contributed by atoms with Crippen LogP contribution in [0.3, 0.4) is 0 Å². The summed E-state index contributed by atoms with van der Waals surface area (Å²) in [5, 5.41) is 27.0. The third-order valence-electron chi connectivity index (χ3n) is 3.52. The van der Waals surface area contributed by atoms with E-state index in [4.69, 9.17) is 11.5 Å². The van der Waals surface area contributed by atoms with Crippen molar-refractivity contribution >= 4 is 39.8 Å². The van der Waals surface area contributed by atoms with Gasteiger partial charge in [-0.15, -0.1) is 5.11 Å². The molecule has 27 heavy (non-hydrogen) atoms. The van der Waals surface area contributed by atoms with Crippen molar-refractivity contribution in [2.75, 3.05) is 11.5 Å². The standard InChI is InChI=1S/C18H15N7O2/c19-12-1-10-18(17(20)11-12)24-23-14-4-2-13(3-5-14)21-22-15-6-8-16(9-7-15)25(26)27/h1-11H,19-20H2. The van der Waals surface area contributed by atoms with Crippen LogP contribution < -0.4 is 11.5 Å². The average Bonchev–Trinajstić information content (AvgIpc) is 2.67. The Morgan fingerprint density at radius 2 is 1.19 bits per heavy atom. The van der Waals surface area contributed by atoms with Gasteiger partial charge >= 0.3 is 0 Å². The van der Waals surface area contributed by atoms with Gasteiger partial charge in [-0.3, -0.25) is 10.1 Å². The Balaban J connectivity index is 1.67. The van der Waals surface area contributed by atoms with Gasteiger partial charge in [0.05, 0.1) is 27.7 Å². The number of nitro benzene ring substituents is 1. The molecule has 0 fully saturated rings. The minimum atomic E-state index is -0.466. The molecular weight excluding hydrogens is 346 g/mol. The Morgan fingerprint density at radius 3 is 1.67 bits per heavy atom. The lowest BCUT2D eigenvalue weighted by molar-refractivity contribution is -0.384. The monoisotopic (exact) mass is 361 g/mol. The van der Waals surface area contributed by atoms with Crippen molar-refractivity contribution in [3.05, 3.63) is 76.8 Å². The van der Waals surface area contributed by atoms with Gasteiger partial charge in [-0.05, 0) is 54.6 Å². The van der Waals surface area contributed by atoms with E-state index in [0.717, 1.165) is 0 Å². The van der Waals surface area contributed by atoms with Crippen LogP contribution in [0.5, 0.6) is 0 Å². The molecule has 0 unspecified atom stereocenters. The van der Waals surface area contributed by atoms with Gasteiger partial charge in [0.25, 0.3) is 5.69 Å². The van der Waals surface area contributed by atoms with Crippen molar-refractivity contribution in [1.29, 1.82) is 0 Å². The summed E-state index contributed by atoms with van der Waals surface area (Å²) in [5.41, 5.74) is 14.8. The van der Waals surface area contributed by atoms with E-state index in [1.54, 1.807) is 42.5 Å². The smallest absolute Gasteiger partial charge is 0.269 e. The second-order valence-corrected chi connectivity index (χ2v) is 5.51. The highest BCUT2D eigenvalue weighted by Gasteiger charge is 2.03. The number of benzene rings is 3. The maximum absolute atomic E-state index is 10.6. The molecule has 3 rings (SSSR count). The number of nitro groups is 1. The molecule has 0 heterocycles. The zero-order valence-electron chi connectivity index (χ0n) is 14.1. The highest BCUT2D eigenvalue weighted by molar-refractivity contribution is 5.67. The summed E-state index contributed by atoms with van der Waals surface area (Å²) >= 11 is 0. The Morgan fingerprint density at radius 1 is 0.704 bits per heavy atom. The van der Waals surface area contributed by atoms with Crippen LogP contribution in [-0.2, 0) is 0 Å². The first kappa shape index (κ1) is 17.7. The number of nitrogens with zero attached hydrogens (tertiary/aromatic N) is 5. The molecule has 0 amide bonds. The van der Waals surface area contributed by atoms with Crippen molar-refractivity contribution in [1.82, 2.24) is 0 Å². The number of hydrogen-bond acceptors (Lipinski definition) is 8. The maximum atomic E-state index is 10.6. The molecule has 3 aromatic rings. The predicted molar refractivity (Wildman–Crippen MR) is 103 cm³/mol. The number of nitrogens with two attached hydrogens (primary N) is 2. The van der Waals surface area contributed by atoms with Crippen LogP contribution in [0.25, 0.3) is 0 Å². The summed E-state index contributed by atoms with van der Waals surface area (Å²) in [5.74, 6) is 0. The third kappa shape index (κ3) is 4.69. The maximum Gasteiger partial charge on any atom is 0.269 e. The van der Waals surface area contributed by atoms with Gasteiger partial charge < -0.3 is 11.5 Å². The molecule has 0 radical (unpaired) electrons. The van der Waals surface area contributed by atoms with Crippen LogP contribution in [0.1, 0.15) is 0 Å². The normalized spacial score (nSPS) is 11.3. The number of hydrogen-bond donors (Lipinski definition) is 2. The lowest BCUT2D eigenvalue weighted by Crippen LogP contribution is -1.89. The fourth-order valence-electron chi connectivity index (χ4n) is 2.12. The lowest BCUT2D eigenvalue weighted by Gasteiger charge is -2.00. The molecule has 134 valence electrons. The predicted octanol–water partition coefficient (Wildman–Crippen LogP) is 5.59. The van der Waals surface area contributed by atoms with Crippen LogP contribution in [-0.4, -0.2) is 4.92 Å². The number of rotatable bonds is 5. The van der Waals surface area contributed by atoms with Crippen molar-refractivity contribution in [2.45, 2.75) is 0 Å². The number of azo groups is 2. The van der Waals surface area contributed by atoms with Crippen LogP contribution in [0, 0.1) is 10.1 Å². The second kappa shape index (κ2) is 7.83. The van der Waals surface area contributed by atoms with Gasteiger partial charge in [0.15, 0.2) is 0 Å². The molecular formula is C18H15N7O2. The summed E-state index contributed by atoms with van der Waals surface area (Å²) in [7, 11) is 0. The molecule has 0 saturated heterocycles. The molecule has 4 N–H and O–H groups in total. The molecule has 0 spiro atoms. The summed E-state index contributed by atoms with van der Waals surface area (Å²) in [6, 6.07) is 17.8. The van der Waals surface area contributed by atoms with E-state index in [1.165, 1.54) is 24.3 Å². The van der Waals surface area contributed by atoms with E-state index >= 15 is 0 Å². The van der Waals surface area contributed by atoms with Gasteiger partial charge in [-0.25, -0.2) is 0 Å². The topological polar surface area (TPSA) is 145 Å². The highest BCUT2D eigenvalue weighted by atomic mass is 16.6. The number of nitrogen functional groups attached to an aromatic ring is 2. The Hall–Kier alpha value is -4.14. The van der Waals surface area contributed by atoms with E-state index in [2.05, 4.69) is 20.5 Å². The first-order valence-electron chi connectivity index (χ1n) is 7.84. The minimum Gasteiger partial charge on any atom is -0.399 e. The van der Waals surface area contributed by atoms with Crippen molar-refractivity contribution in [3.8, 4) is 0 Å². The first-order chi connectivity index (χ1) is 13.0. The quantitative estimate of drug-likeness (QED) is 0.264. The Kier molecular flexibility index (Phi) is 5.12. The minimum absolute atomic E-state index is 0.00500. The molecule has 0 aliphatic heterocycles. The molecule has 0 saturated carbocycles. The number of non-ortho nitro benzene ring substituents is 1. The highest BCUT2D eigenvalue weighted by Crippen LogP contribution is 2.27.